The molecule has 0 aliphatic carbocycles. The molecule has 0 aliphatic rings. The fraction of sp³-hybridized carbons (Fsp3) is 0.0833. The summed E-state index contributed by atoms with van der Waals surface area (Å²) in [5.74, 6) is 0.279. The van der Waals surface area contributed by atoms with Crippen LogP contribution in [0.5, 0.6) is 5.75 Å². The van der Waals surface area contributed by atoms with Crippen LogP contribution in [-0.4, -0.2) is 13.0 Å². The molecule has 1 aromatic carbocycles. The van der Waals surface area contributed by atoms with Crippen molar-refractivity contribution in [1.82, 2.24) is 0 Å². The molecule has 18 heavy (non-hydrogen) atoms. The third-order valence-corrected chi connectivity index (χ3v) is 2.51. The van der Waals surface area contributed by atoms with Crippen molar-refractivity contribution in [3.8, 4) is 5.75 Å². The van der Waals surface area contributed by atoms with Crippen molar-refractivity contribution in [2.75, 3.05) is 18.2 Å². The minimum Gasteiger partial charge on any atom is -0.497 e. The Hall–Kier alpha value is -2.14. The fourth-order valence-corrected chi connectivity index (χ4v) is 1.54. The number of carbonyl (C=O) groups is 1. The Labute approximate surface area is 108 Å². The smallest absolute Gasteiger partial charge is 0.291 e. The lowest BCUT2D eigenvalue weighted by Gasteiger charge is -2.08. The SMILES string of the molecule is COc1ccc(N)c(NC(=O)c2ccc(Cl)o2)c1. The Kier molecular flexibility index (Phi) is 3.43. The summed E-state index contributed by atoms with van der Waals surface area (Å²) in [5, 5.41) is 2.77. The van der Waals surface area contributed by atoms with Crippen LogP contribution in [0.1, 0.15) is 10.6 Å². The number of ether oxygens (including phenoxy) is 1. The first kappa shape index (κ1) is 12.3. The molecule has 1 aromatic heterocycles. The van der Waals surface area contributed by atoms with Crippen LogP contribution in [0.3, 0.4) is 0 Å². The van der Waals surface area contributed by atoms with Crippen molar-refractivity contribution in [2.24, 2.45) is 0 Å². The number of rotatable bonds is 3. The summed E-state index contributed by atoms with van der Waals surface area (Å²) in [6, 6.07) is 7.94. The normalized spacial score (nSPS) is 10.1. The fourth-order valence-electron chi connectivity index (χ4n) is 1.39. The van der Waals surface area contributed by atoms with Crippen LogP contribution in [0.15, 0.2) is 34.7 Å². The van der Waals surface area contributed by atoms with E-state index in [-0.39, 0.29) is 11.0 Å². The van der Waals surface area contributed by atoms with E-state index in [2.05, 4.69) is 5.32 Å². The monoisotopic (exact) mass is 266 g/mol. The summed E-state index contributed by atoms with van der Waals surface area (Å²) < 4.78 is 10.0. The zero-order chi connectivity index (χ0) is 13.1. The van der Waals surface area contributed by atoms with Crippen molar-refractivity contribution >= 4 is 28.9 Å². The third kappa shape index (κ3) is 2.57. The number of nitrogen functional groups attached to an aromatic ring is 1. The molecule has 1 amide bonds. The highest BCUT2D eigenvalue weighted by Gasteiger charge is 2.12. The summed E-state index contributed by atoms with van der Waals surface area (Å²) in [6.45, 7) is 0. The number of amides is 1. The lowest BCUT2D eigenvalue weighted by molar-refractivity contribution is 0.0997. The number of halogens is 1. The maximum Gasteiger partial charge on any atom is 0.291 e. The molecule has 0 saturated carbocycles. The van der Waals surface area contributed by atoms with Crippen molar-refractivity contribution in [3.05, 3.63) is 41.3 Å². The van der Waals surface area contributed by atoms with E-state index in [1.54, 1.807) is 18.2 Å². The molecule has 0 spiro atoms. The van der Waals surface area contributed by atoms with Crippen molar-refractivity contribution in [2.45, 2.75) is 0 Å². The number of nitrogens with one attached hydrogen (secondary N) is 1. The number of benzene rings is 1. The van der Waals surface area contributed by atoms with E-state index >= 15 is 0 Å². The predicted octanol–water partition coefficient (Wildman–Crippen LogP) is 2.78. The molecule has 2 rings (SSSR count). The molecule has 0 radical (unpaired) electrons. The lowest BCUT2D eigenvalue weighted by Crippen LogP contribution is -2.12. The van der Waals surface area contributed by atoms with E-state index in [9.17, 15) is 4.79 Å². The number of hydrogen-bond acceptors (Lipinski definition) is 4. The van der Waals surface area contributed by atoms with E-state index in [1.165, 1.54) is 19.2 Å². The van der Waals surface area contributed by atoms with E-state index in [1.807, 2.05) is 0 Å². The number of nitrogens with two attached hydrogens (primary N) is 1. The van der Waals surface area contributed by atoms with Crippen LogP contribution < -0.4 is 15.8 Å². The number of hydrogen-bond donors (Lipinski definition) is 2. The summed E-state index contributed by atoms with van der Waals surface area (Å²) in [4.78, 5) is 11.8. The lowest BCUT2D eigenvalue weighted by atomic mass is 10.2. The number of carbonyl (C=O) groups excluding carboxylic acids is 1. The molecule has 0 fully saturated rings. The van der Waals surface area contributed by atoms with Crippen molar-refractivity contribution in [1.29, 1.82) is 0 Å². The van der Waals surface area contributed by atoms with Gasteiger partial charge in [0.2, 0.25) is 0 Å². The molecule has 3 N–H and O–H groups in total. The van der Waals surface area contributed by atoms with Gasteiger partial charge in [-0.1, -0.05) is 0 Å². The first-order valence-corrected chi connectivity index (χ1v) is 5.48. The molecular formula is C12H11ClN2O3. The summed E-state index contributed by atoms with van der Waals surface area (Å²) in [7, 11) is 1.53. The number of anilines is 2. The van der Waals surface area contributed by atoms with Gasteiger partial charge >= 0.3 is 0 Å². The van der Waals surface area contributed by atoms with Crippen molar-refractivity contribution in [3.63, 3.8) is 0 Å². The van der Waals surface area contributed by atoms with Crippen molar-refractivity contribution < 1.29 is 13.9 Å². The first-order valence-electron chi connectivity index (χ1n) is 5.10. The average molecular weight is 267 g/mol. The zero-order valence-corrected chi connectivity index (χ0v) is 10.3. The second-order valence-electron chi connectivity index (χ2n) is 3.51. The minimum absolute atomic E-state index is 0.113. The molecule has 0 aliphatic heterocycles. The highest BCUT2D eigenvalue weighted by molar-refractivity contribution is 6.29. The standard InChI is InChI=1S/C12H11ClN2O3/c1-17-7-2-3-8(14)9(6-7)15-12(16)10-4-5-11(13)18-10/h2-6H,14H2,1H3,(H,15,16). The Morgan fingerprint density at radius 1 is 1.39 bits per heavy atom. The molecular weight excluding hydrogens is 256 g/mol. The average Bonchev–Trinajstić information content (AvgIpc) is 2.79. The van der Waals surface area contributed by atoms with Crippen LogP contribution in [0.25, 0.3) is 0 Å². The number of furan rings is 1. The van der Waals surface area contributed by atoms with Gasteiger partial charge in [-0.25, -0.2) is 0 Å². The van der Waals surface area contributed by atoms with Gasteiger partial charge in [-0.15, -0.1) is 0 Å². The molecule has 0 atom stereocenters. The molecule has 5 nitrogen and oxygen atoms in total. The van der Waals surface area contributed by atoms with Crippen LogP contribution in [0.2, 0.25) is 5.22 Å². The molecule has 94 valence electrons. The van der Waals surface area contributed by atoms with Crippen LogP contribution in [0.4, 0.5) is 11.4 Å². The van der Waals surface area contributed by atoms with Crippen LogP contribution in [0, 0.1) is 0 Å². The van der Waals surface area contributed by atoms with Crippen LogP contribution >= 0.6 is 11.6 Å². The molecule has 6 heteroatoms. The van der Waals surface area contributed by atoms with Gasteiger partial charge in [0.25, 0.3) is 5.91 Å². The Balaban J connectivity index is 2.21. The van der Waals surface area contributed by atoms with Gasteiger partial charge in [0.1, 0.15) is 5.75 Å². The van der Waals surface area contributed by atoms with E-state index in [0.29, 0.717) is 17.1 Å². The second kappa shape index (κ2) is 5.01. The Morgan fingerprint density at radius 2 is 2.17 bits per heavy atom. The summed E-state index contributed by atoms with van der Waals surface area (Å²) in [5.41, 5.74) is 6.63. The summed E-state index contributed by atoms with van der Waals surface area (Å²) >= 11 is 5.60. The van der Waals surface area contributed by atoms with Gasteiger partial charge in [0, 0.05) is 6.07 Å². The maximum absolute atomic E-state index is 11.8. The van der Waals surface area contributed by atoms with Gasteiger partial charge in [-0.05, 0) is 35.9 Å². The zero-order valence-electron chi connectivity index (χ0n) is 9.57. The molecule has 0 bridgehead atoms. The number of methoxy groups -OCH3 is 1. The highest BCUT2D eigenvalue weighted by atomic mass is 35.5. The highest BCUT2D eigenvalue weighted by Crippen LogP contribution is 2.25. The van der Waals surface area contributed by atoms with Gasteiger partial charge in [-0.3, -0.25) is 4.79 Å². The Bertz CT molecular complexity index is 580. The van der Waals surface area contributed by atoms with Gasteiger partial charge in [0.05, 0.1) is 18.5 Å². The van der Waals surface area contributed by atoms with Gasteiger partial charge in [0.15, 0.2) is 11.0 Å². The van der Waals surface area contributed by atoms with Gasteiger partial charge < -0.3 is 20.2 Å². The maximum atomic E-state index is 11.8. The van der Waals surface area contributed by atoms with E-state index in [0.717, 1.165) is 0 Å². The topological polar surface area (TPSA) is 77.5 Å². The quantitative estimate of drug-likeness (QED) is 0.838. The molecule has 0 unspecified atom stereocenters. The largest absolute Gasteiger partial charge is 0.497 e. The van der Waals surface area contributed by atoms with E-state index < -0.39 is 5.91 Å². The molecule has 0 saturated heterocycles. The molecule has 1 heterocycles. The predicted molar refractivity (Wildman–Crippen MR) is 69.1 cm³/mol. The van der Waals surface area contributed by atoms with Crippen LogP contribution in [-0.2, 0) is 0 Å². The molecule has 2 aromatic rings. The van der Waals surface area contributed by atoms with E-state index in [4.69, 9.17) is 26.5 Å². The summed E-state index contributed by atoms with van der Waals surface area (Å²) in [6.07, 6.45) is 0. The van der Waals surface area contributed by atoms with Gasteiger partial charge in [-0.2, -0.15) is 0 Å². The Morgan fingerprint density at radius 3 is 2.78 bits per heavy atom. The first-order chi connectivity index (χ1) is 8.60. The minimum atomic E-state index is -0.429. The second-order valence-corrected chi connectivity index (χ2v) is 3.88. The third-order valence-electron chi connectivity index (χ3n) is 2.31.